The second-order valence-electron chi connectivity index (χ2n) is 6.71. The maximum Gasteiger partial charge on any atom is 0.266 e. The van der Waals surface area contributed by atoms with Crippen LogP contribution in [0.3, 0.4) is 0 Å². The van der Waals surface area contributed by atoms with Crippen LogP contribution in [0.2, 0.25) is 0 Å². The van der Waals surface area contributed by atoms with E-state index in [2.05, 4.69) is 20.1 Å². The molecule has 0 bridgehead atoms. The first kappa shape index (κ1) is 17.3. The van der Waals surface area contributed by atoms with E-state index >= 15 is 4.39 Å². The third-order valence-corrected chi connectivity index (χ3v) is 4.60. The molecule has 1 unspecified atom stereocenters. The molecule has 138 valence electrons. The van der Waals surface area contributed by atoms with Crippen molar-refractivity contribution < 1.29 is 13.7 Å². The number of alkyl halides is 1. The van der Waals surface area contributed by atoms with Crippen molar-refractivity contribution in [3.05, 3.63) is 60.0 Å². The summed E-state index contributed by atoms with van der Waals surface area (Å²) in [6, 6.07) is 5.19. The van der Waals surface area contributed by atoms with Crippen molar-refractivity contribution >= 4 is 5.91 Å². The zero-order chi connectivity index (χ0) is 18.9. The minimum atomic E-state index is -1.87. The summed E-state index contributed by atoms with van der Waals surface area (Å²) in [5.41, 5.74) is 0.146. The Bertz CT molecular complexity index is 961. The zero-order valence-corrected chi connectivity index (χ0v) is 14.8. The monoisotopic (exact) mass is 367 g/mol. The van der Waals surface area contributed by atoms with Gasteiger partial charge < -0.3 is 9.42 Å². The van der Waals surface area contributed by atoms with Gasteiger partial charge in [-0.1, -0.05) is 5.16 Å². The van der Waals surface area contributed by atoms with E-state index in [9.17, 15) is 4.79 Å². The standard InChI is InChI=1S/C19H18FN5O2/c1-13-9-15(11-22-10-13)17(26)25-8-2-5-19(20,12-25)18-23-16(24-27-18)14-3-6-21-7-4-14/h3-4,6-7,9-11H,2,5,8,12H2,1H3. The molecule has 0 spiro atoms. The molecule has 1 aliphatic rings. The molecule has 4 heterocycles. The summed E-state index contributed by atoms with van der Waals surface area (Å²) in [4.78, 5) is 26.4. The van der Waals surface area contributed by atoms with Crippen LogP contribution in [0.1, 0.15) is 34.7 Å². The van der Waals surface area contributed by atoms with Crippen molar-refractivity contribution in [1.29, 1.82) is 0 Å². The van der Waals surface area contributed by atoms with Crippen LogP contribution in [-0.2, 0) is 5.67 Å². The third kappa shape index (κ3) is 3.42. The van der Waals surface area contributed by atoms with Gasteiger partial charge in [0.2, 0.25) is 11.5 Å². The van der Waals surface area contributed by atoms with Crippen LogP contribution < -0.4 is 0 Å². The molecule has 3 aromatic rings. The molecule has 1 saturated heterocycles. The fraction of sp³-hybridized carbons (Fsp3) is 0.316. The van der Waals surface area contributed by atoms with E-state index in [0.717, 1.165) is 5.56 Å². The Hall–Kier alpha value is -3.16. The highest BCUT2D eigenvalue weighted by Gasteiger charge is 2.44. The number of pyridine rings is 2. The van der Waals surface area contributed by atoms with Crippen LogP contribution in [0.4, 0.5) is 4.39 Å². The van der Waals surface area contributed by atoms with Gasteiger partial charge in [-0.15, -0.1) is 0 Å². The van der Waals surface area contributed by atoms with E-state index in [1.54, 1.807) is 36.8 Å². The summed E-state index contributed by atoms with van der Waals surface area (Å²) < 4.78 is 20.8. The van der Waals surface area contributed by atoms with E-state index < -0.39 is 5.67 Å². The highest BCUT2D eigenvalue weighted by atomic mass is 19.1. The number of carbonyl (C=O) groups excluding carboxylic acids is 1. The van der Waals surface area contributed by atoms with Crippen LogP contribution in [0.15, 0.2) is 47.5 Å². The fourth-order valence-corrected chi connectivity index (χ4v) is 3.24. The molecule has 7 nitrogen and oxygen atoms in total. The van der Waals surface area contributed by atoms with Crippen LogP contribution in [0, 0.1) is 6.92 Å². The minimum Gasteiger partial charge on any atom is -0.335 e. The number of piperidine rings is 1. The Morgan fingerprint density at radius 3 is 2.85 bits per heavy atom. The maximum absolute atomic E-state index is 15.6. The summed E-state index contributed by atoms with van der Waals surface area (Å²) in [5.74, 6) is -0.0493. The Labute approximate surface area is 155 Å². The second-order valence-corrected chi connectivity index (χ2v) is 6.71. The molecule has 1 aliphatic heterocycles. The Kier molecular flexibility index (Phi) is 4.39. The van der Waals surface area contributed by atoms with Crippen molar-refractivity contribution in [2.45, 2.75) is 25.4 Å². The Morgan fingerprint density at radius 2 is 2.07 bits per heavy atom. The minimum absolute atomic E-state index is 0.103. The molecule has 27 heavy (non-hydrogen) atoms. The highest BCUT2D eigenvalue weighted by Crippen LogP contribution is 2.36. The Morgan fingerprint density at radius 1 is 1.26 bits per heavy atom. The molecule has 4 rings (SSSR count). The predicted molar refractivity (Wildman–Crippen MR) is 94.4 cm³/mol. The molecule has 1 amide bonds. The average molecular weight is 367 g/mol. The van der Waals surface area contributed by atoms with E-state index in [-0.39, 0.29) is 24.8 Å². The first-order chi connectivity index (χ1) is 13.0. The van der Waals surface area contributed by atoms with Crippen LogP contribution in [0.5, 0.6) is 0 Å². The predicted octanol–water partition coefficient (Wildman–Crippen LogP) is 2.94. The van der Waals surface area contributed by atoms with Crippen LogP contribution >= 0.6 is 0 Å². The lowest BCUT2D eigenvalue weighted by molar-refractivity contribution is 0.0152. The smallest absolute Gasteiger partial charge is 0.266 e. The quantitative estimate of drug-likeness (QED) is 0.708. The summed E-state index contributed by atoms with van der Waals surface area (Å²) >= 11 is 0. The number of rotatable bonds is 3. The number of aryl methyl sites for hydroxylation is 1. The van der Waals surface area contributed by atoms with E-state index in [1.165, 1.54) is 11.1 Å². The molecule has 8 heteroatoms. The van der Waals surface area contributed by atoms with Gasteiger partial charge in [-0.2, -0.15) is 4.98 Å². The Balaban J connectivity index is 1.57. The van der Waals surface area contributed by atoms with Gasteiger partial charge in [-0.25, -0.2) is 4.39 Å². The lowest BCUT2D eigenvalue weighted by Gasteiger charge is -2.35. The summed E-state index contributed by atoms with van der Waals surface area (Å²) in [6.07, 6.45) is 7.11. The zero-order valence-electron chi connectivity index (χ0n) is 14.8. The SMILES string of the molecule is Cc1cncc(C(=O)N2CCCC(F)(c3nc(-c4ccncc4)no3)C2)c1. The van der Waals surface area contributed by atoms with Crippen molar-refractivity contribution in [1.82, 2.24) is 25.0 Å². The van der Waals surface area contributed by atoms with E-state index in [1.807, 2.05) is 6.92 Å². The number of aromatic nitrogens is 4. The lowest BCUT2D eigenvalue weighted by atomic mass is 9.94. The molecule has 3 aromatic heterocycles. The third-order valence-electron chi connectivity index (χ3n) is 4.60. The maximum atomic E-state index is 15.6. The van der Waals surface area contributed by atoms with Crippen molar-refractivity contribution in [2.75, 3.05) is 13.1 Å². The van der Waals surface area contributed by atoms with Gasteiger partial charge in [0.15, 0.2) is 0 Å². The molecule has 1 fully saturated rings. The number of likely N-dealkylation sites (tertiary alicyclic amines) is 1. The van der Waals surface area contributed by atoms with Gasteiger partial charge in [-0.05, 0) is 43.5 Å². The number of hydrogen-bond acceptors (Lipinski definition) is 6. The number of nitrogens with zero attached hydrogens (tertiary/aromatic N) is 5. The van der Waals surface area contributed by atoms with Gasteiger partial charge in [0.25, 0.3) is 11.8 Å². The van der Waals surface area contributed by atoms with Gasteiger partial charge in [0.1, 0.15) is 0 Å². The number of amides is 1. The van der Waals surface area contributed by atoms with Gasteiger partial charge in [-0.3, -0.25) is 14.8 Å². The van der Waals surface area contributed by atoms with E-state index in [4.69, 9.17) is 4.52 Å². The molecule has 0 radical (unpaired) electrons. The largest absolute Gasteiger partial charge is 0.335 e. The highest BCUT2D eigenvalue weighted by molar-refractivity contribution is 5.94. The summed E-state index contributed by atoms with van der Waals surface area (Å²) in [6.45, 7) is 2.21. The molecule has 0 N–H and O–H groups in total. The molecule has 1 atom stereocenters. The normalized spacial score (nSPS) is 19.9. The molecular weight excluding hydrogens is 349 g/mol. The number of hydrogen-bond donors (Lipinski definition) is 0. The lowest BCUT2D eigenvalue weighted by Crippen LogP contribution is -2.46. The number of carbonyl (C=O) groups is 1. The first-order valence-corrected chi connectivity index (χ1v) is 8.70. The van der Waals surface area contributed by atoms with Gasteiger partial charge in [0.05, 0.1) is 12.1 Å². The fourth-order valence-electron chi connectivity index (χ4n) is 3.24. The topological polar surface area (TPSA) is 85.0 Å². The molecule has 0 aromatic carbocycles. The van der Waals surface area contributed by atoms with E-state index in [0.29, 0.717) is 29.9 Å². The van der Waals surface area contributed by atoms with Gasteiger partial charge in [0, 0.05) is 36.9 Å². The number of halogens is 1. The second kappa shape index (κ2) is 6.86. The summed E-state index contributed by atoms with van der Waals surface area (Å²) in [7, 11) is 0. The van der Waals surface area contributed by atoms with Crippen LogP contribution in [0.25, 0.3) is 11.4 Å². The van der Waals surface area contributed by atoms with Crippen LogP contribution in [-0.4, -0.2) is 44.0 Å². The first-order valence-electron chi connectivity index (χ1n) is 8.70. The van der Waals surface area contributed by atoms with Crippen molar-refractivity contribution in [2.24, 2.45) is 0 Å². The van der Waals surface area contributed by atoms with Gasteiger partial charge >= 0.3 is 0 Å². The average Bonchev–Trinajstić information content (AvgIpc) is 3.19. The molecule has 0 saturated carbocycles. The van der Waals surface area contributed by atoms with Crippen molar-refractivity contribution in [3.8, 4) is 11.4 Å². The molecule has 0 aliphatic carbocycles. The van der Waals surface area contributed by atoms with Crippen molar-refractivity contribution in [3.63, 3.8) is 0 Å². The molecular formula is C19H18FN5O2. The summed E-state index contributed by atoms with van der Waals surface area (Å²) in [5, 5.41) is 3.88.